The van der Waals surface area contributed by atoms with Gasteiger partial charge in [-0.2, -0.15) is 13.2 Å². The molecule has 19 heavy (non-hydrogen) atoms. The summed E-state index contributed by atoms with van der Waals surface area (Å²) in [5.41, 5.74) is -1.30. The molecular formula is C12H16F3O2S2+. The molecule has 0 aromatic rings. The number of rotatable bonds is 3. The molecule has 0 N–H and O–H groups in total. The number of alkyl halides is 3. The predicted octanol–water partition coefficient (Wildman–Crippen LogP) is 3.08. The maximum atomic E-state index is 12.3. The lowest BCUT2D eigenvalue weighted by atomic mass is 10.2. The van der Waals surface area contributed by atoms with Crippen LogP contribution in [0.3, 0.4) is 0 Å². The van der Waals surface area contributed by atoms with Gasteiger partial charge in [0.2, 0.25) is 5.12 Å². The minimum atomic E-state index is -4.65. The highest BCUT2D eigenvalue weighted by Gasteiger charge is 2.39. The normalized spacial score (nSPS) is 24.0. The Hall–Kier alpha value is -0.430. The Bertz CT molecular complexity index is 372. The summed E-state index contributed by atoms with van der Waals surface area (Å²) in [7, 11) is -0.261. The van der Waals surface area contributed by atoms with E-state index in [4.69, 9.17) is 0 Å². The van der Waals surface area contributed by atoms with Crippen molar-refractivity contribution < 1.29 is 22.8 Å². The molecule has 0 unspecified atom stereocenters. The molecular weight excluding hydrogens is 297 g/mol. The average Bonchev–Trinajstić information content (AvgIpc) is 2.36. The summed E-state index contributed by atoms with van der Waals surface area (Å²) in [4.78, 5) is 22.9. The third-order valence-electron chi connectivity index (χ3n) is 2.85. The van der Waals surface area contributed by atoms with Gasteiger partial charge in [0.25, 0.3) is 0 Å². The molecule has 1 aliphatic rings. The second kappa shape index (κ2) is 6.83. The Balaban J connectivity index is 2.43. The van der Waals surface area contributed by atoms with Crippen LogP contribution in [-0.4, -0.2) is 33.2 Å². The quantitative estimate of drug-likeness (QED) is 0.593. The first-order valence-electron chi connectivity index (χ1n) is 5.93. The molecule has 108 valence electrons. The van der Waals surface area contributed by atoms with E-state index in [2.05, 4.69) is 6.58 Å². The van der Waals surface area contributed by atoms with Gasteiger partial charge in [-0.15, -0.1) is 0 Å². The fourth-order valence-corrected chi connectivity index (χ4v) is 5.22. The minimum absolute atomic E-state index is 0.125. The Labute approximate surface area is 117 Å². The van der Waals surface area contributed by atoms with E-state index in [9.17, 15) is 22.8 Å². The Morgan fingerprint density at radius 1 is 1.32 bits per heavy atom. The lowest BCUT2D eigenvalue weighted by molar-refractivity contribution is -0.121. The van der Waals surface area contributed by atoms with Crippen LogP contribution in [0, 0.1) is 0 Å². The van der Waals surface area contributed by atoms with Crippen LogP contribution in [0.1, 0.15) is 26.2 Å². The fourth-order valence-electron chi connectivity index (χ4n) is 1.68. The lowest BCUT2D eigenvalue weighted by Crippen LogP contribution is -2.31. The van der Waals surface area contributed by atoms with Crippen LogP contribution < -0.4 is 0 Å². The van der Waals surface area contributed by atoms with E-state index in [1.165, 1.54) is 0 Å². The zero-order chi connectivity index (χ0) is 14.6. The van der Waals surface area contributed by atoms with Crippen LogP contribution in [0.15, 0.2) is 12.2 Å². The topological polar surface area (TPSA) is 34.1 Å². The van der Waals surface area contributed by atoms with Crippen molar-refractivity contribution in [3.63, 3.8) is 0 Å². The molecule has 1 heterocycles. The first kappa shape index (κ1) is 16.6. The molecule has 0 spiro atoms. The van der Waals surface area contributed by atoms with Crippen LogP contribution in [0.25, 0.3) is 0 Å². The van der Waals surface area contributed by atoms with Gasteiger partial charge in [0.15, 0.2) is 0 Å². The molecule has 1 saturated heterocycles. The van der Waals surface area contributed by atoms with Gasteiger partial charge in [0, 0.05) is 18.1 Å². The Morgan fingerprint density at radius 3 is 2.26 bits per heavy atom. The second-order valence-corrected chi connectivity index (χ2v) is 7.74. The molecule has 2 nitrogen and oxygen atoms in total. The van der Waals surface area contributed by atoms with Crippen molar-refractivity contribution in [1.82, 2.24) is 0 Å². The van der Waals surface area contributed by atoms with Gasteiger partial charge in [0.1, 0.15) is 17.1 Å². The van der Waals surface area contributed by atoms with Crippen molar-refractivity contribution in [3.05, 3.63) is 12.2 Å². The van der Waals surface area contributed by atoms with Crippen molar-refractivity contribution in [2.75, 3.05) is 11.5 Å². The summed E-state index contributed by atoms with van der Waals surface area (Å²) in [5, 5.41) is -0.893. The first-order valence-corrected chi connectivity index (χ1v) is 8.37. The van der Waals surface area contributed by atoms with Crippen LogP contribution in [-0.2, 0) is 20.5 Å². The molecule has 0 atom stereocenters. The van der Waals surface area contributed by atoms with E-state index in [0.29, 0.717) is 42.5 Å². The Morgan fingerprint density at radius 2 is 1.84 bits per heavy atom. The fraction of sp³-hybridized carbons (Fsp3) is 0.667. The number of carbonyl (C=O) groups excluding carboxylic acids is 2. The van der Waals surface area contributed by atoms with Crippen molar-refractivity contribution in [3.8, 4) is 0 Å². The van der Waals surface area contributed by atoms with Gasteiger partial charge in [0.05, 0.1) is 17.3 Å². The number of halogens is 3. The first-order chi connectivity index (χ1) is 8.75. The highest BCUT2D eigenvalue weighted by Crippen LogP contribution is 2.33. The number of hydrogen-bond donors (Lipinski definition) is 0. The summed E-state index contributed by atoms with van der Waals surface area (Å²) in [5.74, 6) is 1.38. The third kappa shape index (κ3) is 4.87. The molecule has 1 rings (SSSR count). The van der Waals surface area contributed by atoms with Gasteiger partial charge in [-0.1, -0.05) is 25.3 Å². The molecule has 0 radical (unpaired) electrons. The monoisotopic (exact) mass is 313 g/mol. The van der Waals surface area contributed by atoms with Gasteiger partial charge >= 0.3 is 11.3 Å². The SMILES string of the molecule is C=C(C(=O)SC1CC[S+](C(=O)CC)CC1)C(F)(F)F. The molecule has 0 aliphatic carbocycles. The summed E-state index contributed by atoms with van der Waals surface area (Å²) in [6.07, 6.45) is -2.90. The molecule has 1 fully saturated rings. The average molecular weight is 313 g/mol. The van der Waals surface area contributed by atoms with E-state index in [1.807, 2.05) is 6.92 Å². The zero-order valence-electron chi connectivity index (χ0n) is 10.6. The van der Waals surface area contributed by atoms with E-state index in [1.54, 1.807) is 0 Å². The van der Waals surface area contributed by atoms with Crippen LogP contribution in [0.2, 0.25) is 0 Å². The maximum Gasteiger partial charge on any atom is 0.420 e. The summed E-state index contributed by atoms with van der Waals surface area (Å²) >= 11 is 0.712. The van der Waals surface area contributed by atoms with Crippen molar-refractivity contribution >= 4 is 32.9 Å². The molecule has 0 amide bonds. The highest BCUT2D eigenvalue weighted by molar-refractivity contribution is 8.15. The molecule has 1 aliphatic heterocycles. The van der Waals surface area contributed by atoms with Crippen molar-refractivity contribution in [2.24, 2.45) is 0 Å². The predicted molar refractivity (Wildman–Crippen MR) is 73.2 cm³/mol. The van der Waals surface area contributed by atoms with Crippen LogP contribution in [0.4, 0.5) is 13.2 Å². The van der Waals surface area contributed by atoms with Crippen molar-refractivity contribution in [1.29, 1.82) is 0 Å². The van der Waals surface area contributed by atoms with Crippen LogP contribution >= 0.6 is 11.8 Å². The Kier molecular flexibility index (Phi) is 5.98. The lowest BCUT2D eigenvalue weighted by Gasteiger charge is -2.20. The highest BCUT2D eigenvalue weighted by atomic mass is 32.2. The van der Waals surface area contributed by atoms with E-state index >= 15 is 0 Å². The van der Waals surface area contributed by atoms with Gasteiger partial charge in [-0.3, -0.25) is 4.79 Å². The summed E-state index contributed by atoms with van der Waals surface area (Å²) < 4.78 is 36.9. The summed E-state index contributed by atoms with van der Waals surface area (Å²) in [6.45, 7) is 4.61. The van der Waals surface area contributed by atoms with E-state index in [0.717, 1.165) is 0 Å². The van der Waals surface area contributed by atoms with Crippen LogP contribution in [0.5, 0.6) is 0 Å². The summed E-state index contributed by atoms with van der Waals surface area (Å²) in [6, 6.07) is 0. The van der Waals surface area contributed by atoms with E-state index in [-0.39, 0.29) is 21.3 Å². The second-order valence-electron chi connectivity index (χ2n) is 4.21. The molecule has 7 heteroatoms. The zero-order valence-corrected chi connectivity index (χ0v) is 12.2. The van der Waals surface area contributed by atoms with Gasteiger partial charge in [-0.25, -0.2) is 4.79 Å². The molecule has 0 saturated carbocycles. The largest absolute Gasteiger partial charge is 0.420 e. The number of carbonyl (C=O) groups is 2. The van der Waals surface area contributed by atoms with Crippen molar-refractivity contribution in [2.45, 2.75) is 37.6 Å². The number of thioether (sulfide) groups is 1. The smallest absolute Gasteiger partial charge is 0.282 e. The number of hydrogen-bond acceptors (Lipinski definition) is 3. The molecule has 0 bridgehead atoms. The van der Waals surface area contributed by atoms with Gasteiger partial charge < -0.3 is 0 Å². The van der Waals surface area contributed by atoms with E-state index < -0.39 is 16.9 Å². The van der Waals surface area contributed by atoms with Gasteiger partial charge in [-0.05, 0) is 0 Å². The standard InChI is InChI=1S/C12H16F3O2S2/c1-3-10(16)19-6-4-9(5-7-19)18-11(17)8(2)12(13,14)15/h9H,2-7H2,1H3/q+1. The maximum absolute atomic E-state index is 12.3. The molecule has 0 aromatic heterocycles. The third-order valence-corrected chi connectivity index (χ3v) is 6.50. The minimum Gasteiger partial charge on any atom is -0.282 e. The molecule has 0 aromatic carbocycles.